The molecule has 0 aliphatic rings. The summed E-state index contributed by atoms with van der Waals surface area (Å²) in [5, 5.41) is 0. The fraction of sp³-hybridized carbons (Fsp3) is 1.00. The Kier molecular flexibility index (Phi) is 34.1. The van der Waals surface area contributed by atoms with E-state index in [4.69, 9.17) is 0 Å². The predicted octanol–water partition coefficient (Wildman–Crippen LogP) is -3.98. The minimum absolute atomic E-state index is 0. The molecule has 20 heavy (non-hydrogen) atoms. The van der Waals surface area contributed by atoms with Crippen LogP contribution in [0.3, 0.4) is 0 Å². The molecule has 0 fully saturated rings. The van der Waals surface area contributed by atoms with Gasteiger partial charge in [-0.05, 0) is 25.7 Å². The number of halogens is 2. The van der Waals surface area contributed by atoms with Crippen LogP contribution in [0.1, 0.15) is 79.1 Å². The quantitative estimate of drug-likeness (QED) is 0.136. The molecule has 0 atom stereocenters. The summed E-state index contributed by atoms with van der Waals surface area (Å²) < 4.78 is 1.42. The van der Waals surface area contributed by atoms with E-state index >= 15 is 0 Å². The van der Waals surface area contributed by atoms with Gasteiger partial charge in [-0.15, -0.1) is 0 Å². The summed E-state index contributed by atoms with van der Waals surface area (Å²) in [6.07, 6.45) is 11.1. The smallest absolute Gasteiger partial charge is 1.00 e. The molecule has 0 N–H and O–H groups in total. The molecule has 0 aromatic heterocycles. The number of rotatable bonds is 12. The van der Waals surface area contributed by atoms with Gasteiger partial charge in [0.05, 0.1) is 26.2 Å². The molecule has 0 aromatic carbocycles. The van der Waals surface area contributed by atoms with Crippen LogP contribution < -0.4 is 99.3 Å². The molecule has 0 spiro atoms. The molecule has 0 amide bonds. The SMILES string of the molecule is CCCC[N+](CCCC)(CCCC)CCCC.[I-].[I-].[K+]. The van der Waals surface area contributed by atoms with Crippen LogP contribution in [0, 0.1) is 0 Å². The largest absolute Gasteiger partial charge is 1.00 e. The van der Waals surface area contributed by atoms with Gasteiger partial charge in [-0.1, -0.05) is 53.4 Å². The Balaban J connectivity index is -0.000000427. The molecular weight excluding hydrogens is 499 g/mol. The summed E-state index contributed by atoms with van der Waals surface area (Å²) in [4.78, 5) is 0. The molecule has 0 heterocycles. The van der Waals surface area contributed by atoms with E-state index in [1.165, 1.54) is 82.0 Å². The van der Waals surface area contributed by atoms with Crippen molar-refractivity contribution in [1.29, 1.82) is 0 Å². The number of quaternary nitrogens is 1. The Morgan fingerprint density at radius 2 is 0.700 bits per heavy atom. The molecule has 0 aliphatic carbocycles. The Morgan fingerprint density at radius 3 is 0.850 bits per heavy atom. The Bertz CT molecular complexity index is 131. The topological polar surface area (TPSA) is 0 Å². The van der Waals surface area contributed by atoms with Crippen LogP contribution in [0.15, 0.2) is 0 Å². The Labute approximate surface area is 205 Å². The zero-order valence-electron chi connectivity index (χ0n) is 14.7. The number of unbranched alkanes of at least 4 members (excludes halogenated alkanes) is 4. The summed E-state index contributed by atoms with van der Waals surface area (Å²) in [7, 11) is 0. The third kappa shape index (κ3) is 15.9. The summed E-state index contributed by atoms with van der Waals surface area (Å²) in [6, 6.07) is 0. The third-order valence-electron chi connectivity index (χ3n) is 3.94. The van der Waals surface area contributed by atoms with Crippen LogP contribution in [0.5, 0.6) is 0 Å². The van der Waals surface area contributed by atoms with Gasteiger partial charge < -0.3 is 52.4 Å². The van der Waals surface area contributed by atoms with E-state index in [0.29, 0.717) is 0 Å². The molecule has 0 bridgehead atoms. The second kappa shape index (κ2) is 22.1. The van der Waals surface area contributed by atoms with Gasteiger partial charge in [-0.25, -0.2) is 0 Å². The van der Waals surface area contributed by atoms with Gasteiger partial charge in [0.2, 0.25) is 0 Å². The first kappa shape index (κ1) is 30.9. The number of hydrogen-bond acceptors (Lipinski definition) is 0. The maximum Gasteiger partial charge on any atom is 1.00 e. The third-order valence-corrected chi connectivity index (χ3v) is 3.94. The van der Waals surface area contributed by atoms with Crippen molar-refractivity contribution < 1.29 is 104 Å². The zero-order valence-corrected chi connectivity index (χ0v) is 22.1. The molecule has 0 saturated carbocycles. The molecule has 0 saturated heterocycles. The van der Waals surface area contributed by atoms with E-state index in [1.54, 1.807) is 0 Å². The standard InChI is InChI=1S/C16H36N.2HI.K/c1-5-9-13-17(14-10-6-2,15-11-7-3)16-12-8-4;;;/h5-16H2,1-4H3;2*1H;/q+1;;;+1/p-2. The maximum atomic E-state index is 2.33. The molecule has 1 nitrogen and oxygen atoms in total. The molecule has 0 aromatic rings. The van der Waals surface area contributed by atoms with E-state index < -0.39 is 0 Å². The van der Waals surface area contributed by atoms with Crippen molar-refractivity contribution in [1.82, 2.24) is 0 Å². The van der Waals surface area contributed by atoms with Gasteiger partial charge in [0.15, 0.2) is 0 Å². The second-order valence-corrected chi connectivity index (χ2v) is 5.65. The van der Waals surface area contributed by atoms with Gasteiger partial charge in [0.1, 0.15) is 0 Å². The molecule has 4 heteroatoms. The van der Waals surface area contributed by atoms with E-state index in [9.17, 15) is 0 Å². The van der Waals surface area contributed by atoms with Crippen molar-refractivity contribution in [2.75, 3.05) is 26.2 Å². The first-order chi connectivity index (χ1) is 8.24. The van der Waals surface area contributed by atoms with E-state index in [0.717, 1.165) is 0 Å². The molecule has 0 aliphatic heterocycles. The van der Waals surface area contributed by atoms with Gasteiger partial charge in [-0.2, -0.15) is 0 Å². The van der Waals surface area contributed by atoms with Gasteiger partial charge in [-0.3, -0.25) is 0 Å². The van der Waals surface area contributed by atoms with Gasteiger partial charge in [0, 0.05) is 0 Å². The van der Waals surface area contributed by atoms with Crippen LogP contribution in [0.25, 0.3) is 0 Å². The molecule has 0 rings (SSSR count). The van der Waals surface area contributed by atoms with Gasteiger partial charge >= 0.3 is 51.4 Å². The predicted molar refractivity (Wildman–Crippen MR) is 79.4 cm³/mol. The average molecular weight is 535 g/mol. The minimum Gasteiger partial charge on any atom is -1.00 e. The van der Waals surface area contributed by atoms with Crippen molar-refractivity contribution in [3.63, 3.8) is 0 Å². The van der Waals surface area contributed by atoms with Crippen molar-refractivity contribution >= 4 is 0 Å². The van der Waals surface area contributed by atoms with Crippen LogP contribution in [-0.2, 0) is 0 Å². The zero-order chi connectivity index (χ0) is 13.0. The molecular formula is C16H36I2KN. The van der Waals surface area contributed by atoms with E-state index in [-0.39, 0.29) is 99.3 Å². The van der Waals surface area contributed by atoms with E-state index in [1.807, 2.05) is 0 Å². The summed E-state index contributed by atoms with van der Waals surface area (Å²) in [6.45, 7) is 15.0. The summed E-state index contributed by atoms with van der Waals surface area (Å²) in [5.74, 6) is 0. The fourth-order valence-electron chi connectivity index (χ4n) is 2.64. The molecule has 120 valence electrons. The summed E-state index contributed by atoms with van der Waals surface area (Å²) in [5.41, 5.74) is 0. The Hall–Kier alpha value is 3.06. The number of hydrogen-bond donors (Lipinski definition) is 0. The fourth-order valence-corrected chi connectivity index (χ4v) is 2.64. The van der Waals surface area contributed by atoms with E-state index in [2.05, 4.69) is 27.7 Å². The van der Waals surface area contributed by atoms with Crippen LogP contribution in [-0.4, -0.2) is 30.7 Å². The van der Waals surface area contributed by atoms with Crippen molar-refractivity contribution in [3.8, 4) is 0 Å². The van der Waals surface area contributed by atoms with Crippen molar-refractivity contribution in [3.05, 3.63) is 0 Å². The van der Waals surface area contributed by atoms with Crippen molar-refractivity contribution in [2.24, 2.45) is 0 Å². The second-order valence-electron chi connectivity index (χ2n) is 5.65. The molecule has 0 radical (unpaired) electrons. The minimum atomic E-state index is 0. The first-order valence-corrected chi connectivity index (χ1v) is 8.09. The van der Waals surface area contributed by atoms with Gasteiger partial charge in [0.25, 0.3) is 0 Å². The van der Waals surface area contributed by atoms with Crippen LogP contribution in [0.2, 0.25) is 0 Å². The Morgan fingerprint density at radius 1 is 0.500 bits per heavy atom. The monoisotopic (exact) mass is 535 g/mol. The maximum absolute atomic E-state index is 2.33. The number of nitrogens with zero attached hydrogens (tertiary/aromatic N) is 1. The molecule has 0 unspecified atom stereocenters. The van der Waals surface area contributed by atoms with Crippen LogP contribution >= 0.6 is 0 Å². The summed E-state index contributed by atoms with van der Waals surface area (Å²) >= 11 is 0. The van der Waals surface area contributed by atoms with Crippen LogP contribution in [0.4, 0.5) is 0 Å². The normalized spacial score (nSPS) is 10.2. The average Bonchev–Trinajstić information content (AvgIpc) is 2.37. The van der Waals surface area contributed by atoms with Crippen molar-refractivity contribution in [2.45, 2.75) is 79.1 Å². The first-order valence-electron chi connectivity index (χ1n) is 8.09.